The van der Waals surface area contributed by atoms with Crippen molar-refractivity contribution in [1.82, 2.24) is 20.9 Å². The Morgan fingerprint density at radius 3 is 2.58 bits per heavy atom. The van der Waals surface area contributed by atoms with Crippen LogP contribution in [-0.2, 0) is 21.3 Å². The molecule has 0 radical (unpaired) electrons. The highest BCUT2D eigenvalue weighted by Gasteiger charge is 2.52. The number of nitrogens with zero attached hydrogens (tertiary/aromatic N) is 1. The predicted molar refractivity (Wildman–Crippen MR) is 140 cm³/mol. The van der Waals surface area contributed by atoms with Crippen LogP contribution in [0.1, 0.15) is 54.1 Å². The van der Waals surface area contributed by atoms with Gasteiger partial charge in [-0.1, -0.05) is 6.07 Å². The number of halogens is 3. The number of amides is 2. The molecule has 2 heterocycles. The summed E-state index contributed by atoms with van der Waals surface area (Å²) in [5.74, 6) is -0.834. The van der Waals surface area contributed by atoms with Crippen LogP contribution in [0, 0.1) is 5.92 Å². The van der Waals surface area contributed by atoms with Crippen molar-refractivity contribution in [3.8, 4) is 5.88 Å². The highest BCUT2D eigenvalue weighted by Crippen LogP contribution is 2.45. The second-order valence-corrected chi connectivity index (χ2v) is 10.3. The minimum atomic E-state index is -4.58. The van der Waals surface area contributed by atoms with Crippen LogP contribution in [-0.4, -0.2) is 66.9 Å². The van der Waals surface area contributed by atoms with Crippen LogP contribution in [0.25, 0.3) is 0 Å². The molecular formula is C28H35F3N4O5. The van der Waals surface area contributed by atoms with E-state index in [0.29, 0.717) is 56.8 Å². The molecule has 218 valence electrons. The highest BCUT2D eigenvalue weighted by molar-refractivity contribution is 5.96. The summed E-state index contributed by atoms with van der Waals surface area (Å²) < 4.78 is 50.2. The summed E-state index contributed by atoms with van der Waals surface area (Å²) in [5, 5.41) is 20.2. The molecule has 2 aromatic rings. The van der Waals surface area contributed by atoms with Gasteiger partial charge in [-0.3, -0.25) is 9.59 Å². The quantitative estimate of drug-likeness (QED) is 0.370. The molecule has 0 unspecified atom stereocenters. The normalized spacial score (nSPS) is 26.8. The van der Waals surface area contributed by atoms with Gasteiger partial charge in [0, 0.05) is 43.1 Å². The van der Waals surface area contributed by atoms with Gasteiger partial charge in [-0.2, -0.15) is 13.2 Å². The molecule has 2 aliphatic rings. The molecule has 0 bridgehead atoms. The third-order valence-corrected chi connectivity index (χ3v) is 7.95. The average molecular weight is 565 g/mol. The van der Waals surface area contributed by atoms with Crippen LogP contribution >= 0.6 is 0 Å². The maximum Gasteiger partial charge on any atom is 0.416 e. The van der Waals surface area contributed by atoms with E-state index in [0.717, 1.165) is 18.2 Å². The van der Waals surface area contributed by atoms with Crippen molar-refractivity contribution in [1.29, 1.82) is 0 Å². The summed E-state index contributed by atoms with van der Waals surface area (Å²) in [4.78, 5) is 29.9. The molecule has 0 spiro atoms. The first kappa shape index (κ1) is 29.8. The molecular weight excluding hydrogens is 529 g/mol. The monoisotopic (exact) mass is 564 g/mol. The maximum absolute atomic E-state index is 13.1. The second kappa shape index (κ2) is 12.1. The van der Waals surface area contributed by atoms with Gasteiger partial charge in [-0.25, -0.2) is 4.98 Å². The minimum absolute atomic E-state index is 0.0337. The van der Waals surface area contributed by atoms with Crippen molar-refractivity contribution in [3.63, 3.8) is 0 Å². The molecule has 1 aliphatic heterocycles. The Morgan fingerprint density at radius 2 is 1.95 bits per heavy atom. The topological polar surface area (TPSA) is 122 Å². The van der Waals surface area contributed by atoms with Gasteiger partial charge in [0.25, 0.3) is 5.91 Å². The zero-order valence-electron chi connectivity index (χ0n) is 22.5. The molecule has 1 aromatic heterocycles. The Kier molecular flexibility index (Phi) is 9.01. The molecule has 1 saturated carbocycles. The fourth-order valence-corrected chi connectivity index (χ4v) is 5.83. The van der Waals surface area contributed by atoms with Crippen LogP contribution in [0.4, 0.5) is 13.2 Å². The lowest BCUT2D eigenvalue weighted by molar-refractivity contribution is -0.137. The first-order chi connectivity index (χ1) is 19.0. The van der Waals surface area contributed by atoms with Crippen LogP contribution in [0.2, 0.25) is 0 Å². The van der Waals surface area contributed by atoms with Gasteiger partial charge in [-0.15, -0.1) is 0 Å². The molecule has 1 saturated heterocycles. The summed E-state index contributed by atoms with van der Waals surface area (Å²) in [7, 11) is 1.52. The molecule has 12 heteroatoms. The summed E-state index contributed by atoms with van der Waals surface area (Å²) in [6.07, 6.45) is -1.19. The van der Waals surface area contributed by atoms with E-state index in [9.17, 15) is 27.9 Å². The minimum Gasteiger partial charge on any atom is -0.481 e. The van der Waals surface area contributed by atoms with E-state index in [4.69, 9.17) is 9.47 Å². The van der Waals surface area contributed by atoms with E-state index < -0.39 is 41.2 Å². The van der Waals surface area contributed by atoms with E-state index in [1.54, 1.807) is 18.3 Å². The fraction of sp³-hybridized carbons (Fsp3) is 0.536. The van der Waals surface area contributed by atoms with Crippen LogP contribution in [0.3, 0.4) is 0 Å². The Hall–Kier alpha value is -3.22. The lowest BCUT2D eigenvalue weighted by atomic mass is 9.67. The van der Waals surface area contributed by atoms with Gasteiger partial charge in [-0.05, 0) is 62.8 Å². The number of carbonyl (C=O) groups excluding carboxylic acids is 2. The number of benzene rings is 1. The number of rotatable bonds is 9. The predicted octanol–water partition coefficient (Wildman–Crippen LogP) is 2.78. The zero-order valence-corrected chi connectivity index (χ0v) is 22.5. The number of aliphatic hydroxyl groups is 1. The lowest BCUT2D eigenvalue weighted by Crippen LogP contribution is -2.64. The van der Waals surface area contributed by atoms with Crippen LogP contribution in [0.15, 0.2) is 42.6 Å². The molecule has 2 fully saturated rings. The number of methoxy groups -OCH3 is 1. The molecule has 1 aliphatic carbocycles. The SMILES string of the molecule is CCO[C@H]1CNC[C@@]1(NC(=O)CNC(=O)c1cccc(C(F)(F)F)c1)C1CCC(O)(c2ccc(OC)nc2)CC1. The highest BCUT2D eigenvalue weighted by atomic mass is 19.4. The molecule has 2 atom stereocenters. The Morgan fingerprint density at radius 1 is 1.20 bits per heavy atom. The van der Waals surface area contributed by atoms with Crippen molar-refractivity contribution in [3.05, 3.63) is 59.3 Å². The zero-order chi connectivity index (χ0) is 29.0. The van der Waals surface area contributed by atoms with Gasteiger partial charge >= 0.3 is 6.18 Å². The number of alkyl halides is 3. The first-order valence-electron chi connectivity index (χ1n) is 13.3. The van der Waals surface area contributed by atoms with E-state index in [1.165, 1.54) is 13.2 Å². The number of nitrogens with one attached hydrogen (secondary N) is 3. The van der Waals surface area contributed by atoms with E-state index in [-0.39, 0.29) is 17.6 Å². The van der Waals surface area contributed by atoms with Gasteiger partial charge in [0.15, 0.2) is 0 Å². The van der Waals surface area contributed by atoms with Crippen LogP contribution in [0.5, 0.6) is 5.88 Å². The van der Waals surface area contributed by atoms with E-state index in [1.807, 2.05) is 6.92 Å². The summed E-state index contributed by atoms with van der Waals surface area (Å²) >= 11 is 0. The van der Waals surface area contributed by atoms with E-state index in [2.05, 4.69) is 20.9 Å². The Labute approximate surface area is 230 Å². The number of ether oxygens (including phenoxy) is 2. The average Bonchev–Trinajstić information content (AvgIpc) is 3.34. The molecule has 40 heavy (non-hydrogen) atoms. The van der Waals surface area contributed by atoms with Gasteiger partial charge in [0.05, 0.1) is 36.5 Å². The van der Waals surface area contributed by atoms with Crippen molar-refractivity contribution < 1.29 is 37.3 Å². The van der Waals surface area contributed by atoms with Crippen molar-refractivity contribution >= 4 is 11.8 Å². The molecule has 4 rings (SSSR count). The summed E-state index contributed by atoms with van der Waals surface area (Å²) in [6, 6.07) is 7.55. The number of pyridine rings is 1. The standard InChI is InChI=1S/C28H35F3N4O5/c1-3-40-22-15-32-17-27(22,19-9-11-26(38,12-10-19)21-7-8-24(39-2)33-14-21)35-23(36)16-34-25(37)18-5-4-6-20(13-18)28(29,30)31/h4-8,13-14,19,22,32,38H,3,9-12,15-17H2,1-2H3,(H,34,37)(H,35,36)/t19?,22-,26?,27+/m0/s1. The largest absolute Gasteiger partial charge is 0.481 e. The van der Waals surface area contributed by atoms with Gasteiger partial charge in [0.2, 0.25) is 11.8 Å². The van der Waals surface area contributed by atoms with Crippen molar-refractivity contribution in [2.45, 2.75) is 56.0 Å². The third kappa shape index (κ3) is 6.39. The first-order valence-corrected chi connectivity index (χ1v) is 13.3. The Balaban J connectivity index is 1.44. The Bertz CT molecular complexity index is 1190. The maximum atomic E-state index is 13.1. The molecule has 2 amide bonds. The molecule has 4 N–H and O–H groups in total. The number of hydrogen-bond donors (Lipinski definition) is 4. The molecule has 9 nitrogen and oxygen atoms in total. The number of carbonyl (C=O) groups is 2. The van der Waals surface area contributed by atoms with Gasteiger partial charge < -0.3 is 30.5 Å². The third-order valence-electron chi connectivity index (χ3n) is 7.95. The molecule has 1 aromatic carbocycles. The summed E-state index contributed by atoms with van der Waals surface area (Å²) in [6.45, 7) is 2.86. The van der Waals surface area contributed by atoms with Gasteiger partial charge in [0.1, 0.15) is 0 Å². The van der Waals surface area contributed by atoms with Crippen LogP contribution < -0.4 is 20.7 Å². The number of aromatic nitrogens is 1. The fourth-order valence-electron chi connectivity index (χ4n) is 5.83. The second-order valence-electron chi connectivity index (χ2n) is 10.3. The van der Waals surface area contributed by atoms with Crippen molar-refractivity contribution in [2.75, 3.05) is 33.4 Å². The van der Waals surface area contributed by atoms with Crippen molar-refractivity contribution in [2.24, 2.45) is 5.92 Å². The smallest absolute Gasteiger partial charge is 0.416 e. The van der Waals surface area contributed by atoms with E-state index >= 15 is 0 Å². The lowest BCUT2D eigenvalue weighted by Gasteiger charge is -2.47. The number of hydrogen-bond acceptors (Lipinski definition) is 7. The summed E-state index contributed by atoms with van der Waals surface area (Å²) in [5.41, 5.74) is -2.27.